The SMILES string of the molecule is COC(=O)c1ccc(CCN2C(=O)CC[C@@H]2C=C[C@H](O)CCC2CCCC2)cc1. The van der Waals surface area contributed by atoms with Crippen molar-refractivity contribution < 1.29 is 19.4 Å². The highest BCUT2D eigenvalue weighted by Crippen LogP contribution is 2.29. The maximum absolute atomic E-state index is 12.3. The first-order valence-electron chi connectivity index (χ1n) is 10.9. The molecule has 0 spiro atoms. The van der Waals surface area contributed by atoms with Gasteiger partial charge in [-0.1, -0.05) is 50.0 Å². The van der Waals surface area contributed by atoms with Gasteiger partial charge >= 0.3 is 5.97 Å². The van der Waals surface area contributed by atoms with Crippen molar-refractivity contribution in [2.75, 3.05) is 13.7 Å². The minimum absolute atomic E-state index is 0.0676. The Kier molecular flexibility index (Phi) is 7.87. The molecule has 5 heteroatoms. The molecule has 29 heavy (non-hydrogen) atoms. The van der Waals surface area contributed by atoms with Gasteiger partial charge in [-0.2, -0.15) is 0 Å². The molecule has 0 unspecified atom stereocenters. The van der Waals surface area contributed by atoms with E-state index in [0.717, 1.165) is 37.2 Å². The summed E-state index contributed by atoms with van der Waals surface area (Å²) in [6.45, 7) is 0.642. The van der Waals surface area contributed by atoms with Crippen molar-refractivity contribution in [3.8, 4) is 0 Å². The van der Waals surface area contributed by atoms with E-state index < -0.39 is 6.10 Å². The highest BCUT2D eigenvalue weighted by atomic mass is 16.5. The second-order valence-electron chi connectivity index (χ2n) is 8.31. The van der Waals surface area contributed by atoms with Crippen LogP contribution < -0.4 is 0 Å². The van der Waals surface area contributed by atoms with Gasteiger partial charge in [-0.15, -0.1) is 0 Å². The van der Waals surface area contributed by atoms with Gasteiger partial charge in [0.2, 0.25) is 5.91 Å². The Morgan fingerprint density at radius 3 is 2.66 bits per heavy atom. The van der Waals surface area contributed by atoms with Crippen LogP contribution in [0.1, 0.15) is 67.3 Å². The number of esters is 1. The van der Waals surface area contributed by atoms with Gasteiger partial charge in [-0.05, 0) is 49.3 Å². The molecule has 1 aliphatic heterocycles. The predicted octanol–water partition coefficient (Wildman–Crippen LogP) is 3.89. The van der Waals surface area contributed by atoms with E-state index in [9.17, 15) is 14.7 Å². The molecule has 1 aliphatic carbocycles. The van der Waals surface area contributed by atoms with Gasteiger partial charge in [-0.3, -0.25) is 4.79 Å². The number of hydrogen-bond donors (Lipinski definition) is 1. The lowest BCUT2D eigenvalue weighted by atomic mass is 9.99. The highest BCUT2D eigenvalue weighted by Gasteiger charge is 2.28. The zero-order valence-electron chi connectivity index (χ0n) is 17.4. The zero-order valence-corrected chi connectivity index (χ0v) is 17.4. The van der Waals surface area contributed by atoms with E-state index in [1.54, 1.807) is 12.1 Å². The van der Waals surface area contributed by atoms with Crippen LogP contribution in [-0.4, -0.2) is 47.7 Å². The lowest BCUT2D eigenvalue weighted by Gasteiger charge is -2.23. The van der Waals surface area contributed by atoms with E-state index in [0.29, 0.717) is 18.5 Å². The number of amides is 1. The first kappa shape index (κ1) is 21.6. The molecular formula is C24H33NO4. The fraction of sp³-hybridized carbons (Fsp3) is 0.583. The third kappa shape index (κ3) is 6.17. The molecule has 1 amide bonds. The lowest BCUT2D eigenvalue weighted by molar-refractivity contribution is -0.128. The smallest absolute Gasteiger partial charge is 0.337 e. The number of carbonyl (C=O) groups is 2. The monoisotopic (exact) mass is 399 g/mol. The summed E-state index contributed by atoms with van der Waals surface area (Å²) in [5, 5.41) is 10.3. The molecule has 0 radical (unpaired) electrons. The lowest BCUT2D eigenvalue weighted by Crippen LogP contribution is -2.33. The molecule has 1 saturated carbocycles. The van der Waals surface area contributed by atoms with Crippen molar-refractivity contribution in [1.29, 1.82) is 0 Å². The second kappa shape index (κ2) is 10.6. The number of carbonyl (C=O) groups excluding carboxylic acids is 2. The van der Waals surface area contributed by atoms with Crippen molar-refractivity contribution in [1.82, 2.24) is 4.90 Å². The number of hydrogen-bond acceptors (Lipinski definition) is 4. The molecule has 0 aromatic heterocycles. The number of benzene rings is 1. The minimum atomic E-state index is -0.418. The summed E-state index contributed by atoms with van der Waals surface area (Å²) in [7, 11) is 1.37. The Bertz CT molecular complexity index is 706. The number of aliphatic hydroxyl groups is 1. The van der Waals surface area contributed by atoms with Gasteiger partial charge in [0.25, 0.3) is 0 Å². The molecule has 2 atom stereocenters. The number of aliphatic hydroxyl groups excluding tert-OH is 1. The van der Waals surface area contributed by atoms with Crippen molar-refractivity contribution in [2.24, 2.45) is 5.92 Å². The number of rotatable bonds is 9. The highest BCUT2D eigenvalue weighted by molar-refractivity contribution is 5.89. The largest absolute Gasteiger partial charge is 0.465 e. The number of likely N-dealkylation sites (tertiary alicyclic amines) is 1. The van der Waals surface area contributed by atoms with Crippen molar-refractivity contribution in [2.45, 2.75) is 69.9 Å². The number of nitrogens with zero attached hydrogens (tertiary/aromatic N) is 1. The Labute approximate surface area is 173 Å². The average molecular weight is 400 g/mol. The summed E-state index contributed by atoms with van der Waals surface area (Å²) in [6.07, 6.45) is 12.8. The Balaban J connectivity index is 1.48. The van der Waals surface area contributed by atoms with E-state index in [1.807, 2.05) is 29.2 Å². The van der Waals surface area contributed by atoms with Crippen LogP contribution in [0.4, 0.5) is 0 Å². The summed E-state index contributed by atoms with van der Waals surface area (Å²) in [5.74, 6) is 0.613. The second-order valence-corrected chi connectivity index (χ2v) is 8.31. The molecule has 2 fully saturated rings. The molecule has 0 bridgehead atoms. The van der Waals surface area contributed by atoms with Crippen LogP contribution in [0.15, 0.2) is 36.4 Å². The van der Waals surface area contributed by atoms with Crippen LogP contribution in [0.2, 0.25) is 0 Å². The summed E-state index contributed by atoms with van der Waals surface area (Å²) >= 11 is 0. The zero-order chi connectivity index (χ0) is 20.6. The van der Waals surface area contributed by atoms with Crippen LogP contribution in [0.5, 0.6) is 0 Å². The summed E-state index contributed by atoms with van der Waals surface area (Å²) < 4.78 is 4.72. The van der Waals surface area contributed by atoms with Crippen molar-refractivity contribution in [3.63, 3.8) is 0 Å². The van der Waals surface area contributed by atoms with E-state index in [4.69, 9.17) is 4.74 Å². The first-order valence-corrected chi connectivity index (χ1v) is 10.9. The predicted molar refractivity (Wildman–Crippen MR) is 113 cm³/mol. The quantitative estimate of drug-likeness (QED) is 0.505. The molecule has 1 N–H and O–H groups in total. The van der Waals surface area contributed by atoms with Crippen molar-refractivity contribution >= 4 is 11.9 Å². The fourth-order valence-corrected chi connectivity index (χ4v) is 4.48. The van der Waals surface area contributed by atoms with E-state index in [-0.39, 0.29) is 17.9 Å². The summed E-state index contributed by atoms with van der Waals surface area (Å²) in [6, 6.07) is 7.39. The third-order valence-electron chi connectivity index (χ3n) is 6.29. The van der Waals surface area contributed by atoms with Crippen molar-refractivity contribution in [3.05, 3.63) is 47.5 Å². The molecular weight excluding hydrogens is 366 g/mol. The van der Waals surface area contributed by atoms with Crippen LogP contribution in [0, 0.1) is 5.92 Å². The first-order chi connectivity index (χ1) is 14.1. The van der Waals surface area contributed by atoms with E-state index in [2.05, 4.69) is 0 Å². The summed E-state index contributed by atoms with van der Waals surface area (Å²) in [4.78, 5) is 25.7. The molecule has 5 nitrogen and oxygen atoms in total. The molecule has 1 aromatic rings. The van der Waals surface area contributed by atoms with Crippen LogP contribution >= 0.6 is 0 Å². The van der Waals surface area contributed by atoms with Gasteiger partial charge in [0.15, 0.2) is 0 Å². The van der Waals surface area contributed by atoms with Crippen LogP contribution in [-0.2, 0) is 16.0 Å². The van der Waals surface area contributed by atoms with Crippen LogP contribution in [0.3, 0.4) is 0 Å². The maximum atomic E-state index is 12.3. The van der Waals surface area contributed by atoms with Gasteiger partial charge in [0.1, 0.15) is 0 Å². The number of methoxy groups -OCH3 is 1. The van der Waals surface area contributed by atoms with Gasteiger partial charge < -0.3 is 14.7 Å². The summed E-state index contributed by atoms with van der Waals surface area (Å²) in [5.41, 5.74) is 1.61. The van der Waals surface area contributed by atoms with Gasteiger partial charge in [-0.25, -0.2) is 4.79 Å². The minimum Gasteiger partial charge on any atom is -0.465 e. The topological polar surface area (TPSA) is 66.8 Å². The average Bonchev–Trinajstić information content (AvgIpc) is 3.38. The van der Waals surface area contributed by atoms with Gasteiger partial charge in [0, 0.05) is 13.0 Å². The molecule has 1 aromatic carbocycles. The molecule has 1 heterocycles. The Hall–Kier alpha value is -2.14. The Morgan fingerprint density at radius 2 is 1.97 bits per heavy atom. The standard InChI is InChI=1S/C24H33NO4/c1-29-24(28)20-9-6-19(7-10-20)16-17-25-21(12-15-23(25)27)11-14-22(26)13-8-18-4-2-3-5-18/h6-7,9-11,14,18,21-22,26H,2-5,8,12-13,15-17H2,1H3/t21-,22+/m0/s1. The van der Waals surface area contributed by atoms with Gasteiger partial charge in [0.05, 0.1) is 24.8 Å². The number of ether oxygens (including phenoxy) is 1. The third-order valence-corrected chi connectivity index (χ3v) is 6.29. The Morgan fingerprint density at radius 1 is 1.24 bits per heavy atom. The van der Waals surface area contributed by atoms with E-state index >= 15 is 0 Å². The molecule has 158 valence electrons. The molecule has 1 saturated heterocycles. The normalized spacial score (nSPS) is 21.2. The maximum Gasteiger partial charge on any atom is 0.337 e. The van der Waals surface area contributed by atoms with E-state index in [1.165, 1.54) is 32.8 Å². The molecule has 2 aliphatic rings. The van der Waals surface area contributed by atoms with Crippen LogP contribution in [0.25, 0.3) is 0 Å². The fourth-order valence-electron chi connectivity index (χ4n) is 4.48. The molecule has 3 rings (SSSR count).